The second-order valence-electron chi connectivity index (χ2n) is 8.43. The van der Waals surface area contributed by atoms with E-state index >= 15 is 0 Å². The van der Waals surface area contributed by atoms with Crippen molar-refractivity contribution < 1.29 is 4.79 Å². The van der Waals surface area contributed by atoms with E-state index in [1.807, 2.05) is 30.3 Å². The molecule has 0 fully saturated rings. The van der Waals surface area contributed by atoms with Gasteiger partial charge < -0.3 is 4.90 Å². The van der Waals surface area contributed by atoms with Crippen LogP contribution in [0.25, 0.3) is 6.08 Å². The molecule has 156 valence electrons. The van der Waals surface area contributed by atoms with Crippen LogP contribution in [0.4, 0.5) is 17.1 Å². The average molecular weight is 416 g/mol. The Balaban J connectivity index is 1.48. The van der Waals surface area contributed by atoms with E-state index in [4.69, 9.17) is 0 Å². The largest absolute Gasteiger partial charge is 0.311 e. The molecule has 0 aliphatic heterocycles. The molecule has 0 radical (unpaired) electrons. The molecular formula is C30H25NO. The number of allylic oxidation sites excluding steroid dienone is 1. The van der Waals surface area contributed by atoms with Gasteiger partial charge in [0.15, 0.2) is 5.78 Å². The van der Waals surface area contributed by atoms with Gasteiger partial charge >= 0.3 is 0 Å². The van der Waals surface area contributed by atoms with Crippen molar-refractivity contribution in [2.75, 3.05) is 4.90 Å². The summed E-state index contributed by atoms with van der Waals surface area (Å²) in [5.74, 6) is 0.144. The summed E-state index contributed by atoms with van der Waals surface area (Å²) in [4.78, 5) is 15.0. The number of benzene rings is 4. The van der Waals surface area contributed by atoms with Gasteiger partial charge in [-0.25, -0.2) is 0 Å². The van der Waals surface area contributed by atoms with Crippen molar-refractivity contribution in [2.45, 2.75) is 20.3 Å². The van der Waals surface area contributed by atoms with Gasteiger partial charge in [0, 0.05) is 34.6 Å². The maximum absolute atomic E-state index is 12.7. The maximum atomic E-state index is 12.7. The van der Waals surface area contributed by atoms with E-state index in [1.54, 1.807) is 0 Å². The fraction of sp³-hybridized carbons (Fsp3) is 0.100. The molecule has 4 aromatic carbocycles. The zero-order valence-corrected chi connectivity index (χ0v) is 18.4. The minimum absolute atomic E-state index is 0.144. The molecule has 0 saturated heterocycles. The fourth-order valence-corrected chi connectivity index (χ4v) is 4.23. The van der Waals surface area contributed by atoms with Crippen LogP contribution in [0.15, 0.2) is 103 Å². The highest BCUT2D eigenvalue weighted by molar-refractivity contribution is 6.15. The summed E-state index contributed by atoms with van der Waals surface area (Å²) in [5, 5.41) is 0. The molecule has 1 aliphatic rings. The third-order valence-electron chi connectivity index (χ3n) is 6.01. The Labute approximate surface area is 189 Å². The van der Waals surface area contributed by atoms with E-state index in [2.05, 4.69) is 91.5 Å². The van der Waals surface area contributed by atoms with Crippen LogP contribution in [-0.2, 0) is 6.42 Å². The SMILES string of the molecule is Cc1ccc(N(c2ccc(C)cc2)c2ccc(C=C3Cc4ccccc4C3=O)cc2)cc1. The van der Waals surface area contributed by atoms with Crippen LogP contribution in [0.2, 0.25) is 0 Å². The number of rotatable bonds is 4. The molecule has 2 nitrogen and oxygen atoms in total. The standard InChI is InChI=1S/C30H25NO/c1-21-7-13-26(14-8-21)31(27-15-9-22(2)10-16-27)28-17-11-23(12-18-28)19-25-20-24-5-3-4-6-29(24)30(25)32/h3-19H,20H2,1-2H3. The third kappa shape index (κ3) is 3.88. The number of aryl methyl sites for hydroxylation is 2. The quantitative estimate of drug-likeness (QED) is 0.320. The first kappa shape index (κ1) is 20.0. The number of anilines is 3. The van der Waals surface area contributed by atoms with Crippen LogP contribution in [0, 0.1) is 13.8 Å². The monoisotopic (exact) mass is 415 g/mol. The number of Topliss-reactive ketones (excluding diaryl/α,β-unsaturated/α-hetero) is 1. The number of carbonyl (C=O) groups is 1. The first-order chi connectivity index (χ1) is 15.6. The zero-order valence-electron chi connectivity index (χ0n) is 18.4. The Morgan fingerprint density at radius 3 is 1.69 bits per heavy atom. The Morgan fingerprint density at radius 2 is 1.16 bits per heavy atom. The molecule has 0 bridgehead atoms. The van der Waals surface area contributed by atoms with Crippen LogP contribution >= 0.6 is 0 Å². The molecule has 32 heavy (non-hydrogen) atoms. The molecule has 0 saturated carbocycles. The number of fused-ring (bicyclic) bond motifs is 1. The molecule has 5 rings (SSSR count). The van der Waals surface area contributed by atoms with Crippen molar-refractivity contribution in [2.24, 2.45) is 0 Å². The first-order valence-corrected chi connectivity index (χ1v) is 11.0. The molecule has 0 heterocycles. The molecule has 0 atom stereocenters. The molecule has 2 heteroatoms. The van der Waals surface area contributed by atoms with E-state index in [9.17, 15) is 4.79 Å². The summed E-state index contributed by atoms with van der Waals surface area (Å²) in [6.07, 6.45) is 2.73. The second-order valence-corrected chi connectivity index (χ2v) is 8.43. The molecule has 0 amide bonds. The van der Waals surface area contributed by atoms with Gasteiger partial charge in [0.25, 0.3) is 0 Å². The van der Waals surface area contributed by atoms with E-state index in [0.717, 1.165) is 39.3 Å². The summed E-state index contributed by atoms with van der Waals surface area (Å²) in [6.45, 7) is 4.20. The van der Waals surface area contributed by atoms with Crippen LogP contribution in [0.3, 0.4) is 0 Å². The van der Waals surface area contributed by atoms with Crippen molar-refractivity contribution in [1.82, 2.24) is 0 Å². The van der Waals surface area contributed by atoms with Gasteiger partial charge in [-0.3, -0.25) is 4.79 Å². The van der Waals surface area contributed by atoms with E-state index in [-0.39, 0.29) is 5.78 Å². The first-order valence-electron chi connectivity index (χ1n) is 11.0. The molecule has 4 aromatic rings. The van der Waals surface area contributed by atoms with E-state index in [1.165, 1.54) is 11.1 Å². The topological polar surface area (TPSA) is 20.3 Å². The van der Waals surface area contributed by atoms with Crippen molar-refractivity contribution in [3.05, 3.63) is 130 Å². The smallest absolute Gasteiger partial charge is 0.189 e. The molecule has 0 aromatic heterocycles. The lowest BCUT2D eigenvalue weighted by molar-refractivity contribution is 0.104. The van der Waals surface area contributed by atoms with Gasteiger partial charge in [-0.1, -0.05) is 71.8 Å². The highest BCUT2D eigenvalue weighted by Crippen LogP contribution is 2.35. The van der Waals surface area contributed by atoms with Crippen LogP contribution in [0.5, 0.6) is 0 Å². The predicted octanol–water partition coefficient (Wildman–Crippen LogP) is 7.60. The van der Waals surface area contributed by atoms with Gasteiger partial charge in [-0.15, -0.1) is 0 Å². The minimum Gasteiger partial charge on any atom is -0.311 e. The fourth-order valence-electron chi connectivity index (χ4n) is 4.23. The van der Waals surface area contributed by atoms with Gasteiger partial charge in [0.2, 0.25) is 0 Å². The second kappa shape index (κ2) is 8.32. The summed E-state index contributed by atoms with van der Waals surface area (Å²) < 4.78 is 0. The maximum Gasteiger partial charge on any atom is 0.189 e. The Morgan fingerprint density at radius 1 is 0.656 bits per heavy atom. The van der Waals surface area contributed by atoms with Gasteiger partial charge in [-0.05, 0) is 67.4 Å². The molecule has 0 unspecified atom stereocenters. The minimum atomic E-state index is 0.144. The van der Waals surface area contributed by atoms with Crippen LogP contribution in [-0.4, -0.2) is 5.78 Å². The summed E-state index contributed by atoms with van der Waals surface area (Å²) in [6, 6.07) is 33.5. The number of ketones is 1. The van der Waals surface area contributed by atoms with Crippen molar-refractivity contribution in [3.63, 3.8) is 0 Å². The molecule has 0 N–H and O–H groups in total. The van der Waals surface area contributed by atoms with Gasteiger partial charge in [0.1, 0.15) is 0 Å². The predicted molar refractivity (Wildman–Crippen MR) is 133 cm³/mol. The van der Waals surface area contributed by atoms with Crippen molar-refractivity contribution >= 4 is 28.9 Å². The number of hydrogen-bond acceptors (Lipinski definition) is 2. The molecular weight excluding hydrogens is 390 g/mol. The average Bonchev–Trinajstić information content (AvgIpc) is 3.13. The molecule has 0 spiro atoms. The van der Waals surface area contributed by atoms with Gasteiger partial charge in [-0.2, -0.15) is 0 Å². The highest BCUT2D eigenvalue weighted by Gasteiger charge is 2.23. The van der Waals surface area contributed by atoms with Crippen molar-refractivity contribution in [3.8, 4) is 0 Å². The lowest BCUT2D eigenvalue weighted by Crippen LogP contribution is -2.09. The third-order valence-corrected chi connectivity index (χ3v) is 6.01. The lowest BCUT2D eigenvalue weighted by Gasteiger charge is -2.26. The van der Waals surface area contributed by atoms with Crippen LogP contribution in [0.1, 0.15) is 32.6 Å². The summed E-state index contributed by atoms with van der Waals surface area (Å²) in [7, 11) is 0. The summed E-state index contributed by atoms with van der Waals surface area (Å²) in [5.41, 5.74) is 9.64. The number of hydrogen-bond donors (Lipinski definition) is 0. The van der Waals surface area contributed by atoms with Crippen molar-refractivity contribution in [1.29, 1.82) is 0 Å². The van der Waals surface area contributed by atoms with Gasteiger partial charge in [0.05, 0.1) is 0 Å². The van der Waals surface area contributed by atoms with Crippen LogP contribution < -0.4 is 4.90 Å². The summed E-state index contributed by atoms with van der Waals surface area (Å²) >= 11 is 0. The normalized spacial score (nSPS) is 13.9. The van der Waals surface area contributed by atoms with E-state index < -0.39 is 0 Å². The zero-order chi connectivity index (χ0) is 22.1. The number of nitrogens with zero attached hydrogens (tertiary/aromatic N) is 1. The number of carbonyl (C=O) groups excluding carboxylic acids is 1. The van der Waals surface area contributed by atoms with E-state index in [0.29, 0.717) is 6.42 Å². The molecule has 1 aliphatic carbocycles. The Kier molecular flexibility index (Phi) is 5.20. The Hall–Kier alpha value is -3.91. The lowest BCUT2D eigenvalue weighted by atomic mass is 10.1. The Bertz CT molecular complexity index is 1250. The highest BCUT2D eigenvalue weighted by atomic mass is 16.1.